The van der Waals surface area contributed by atoms with Gasteiger partial charge in [0.05, 0.1) is 37.2 Å². The van der Waals surface area contributed by atoms with Gasteiger partial charge in [-0.1, -0.05) is 0 Å². The van der Waals surface area contributed by atoms with Gasteiger partial charge in [-0.15, -0.1) is 0 Å². The Labute approximate surface area is 131 Å². The molecular weight excluding hydrogens is 286 g/mol. The van der Waals surface area contributed by atoms with Crippen molar-refractivity contribution in [1.29, 1.82) is 0 Å². The van der Waals surface area contributed by atoms with E-state index in [0.717, 1.165) is 0 Å². The van der Waals surface area contributed by atoms with Crippen molar-refractivity contribution in [2.45, 2.75) is 38.9 Å². The maximum Gasteiger partial charge on any atom is 0.495 e. The third kappa shape index (κ3) is 2.98. The highest BCUT2D eigenvalue weighted by molar-refractivity contribution is 6.62. The average molecular weight is 308 g/mol. The Balaban J connectivity index is 2.38. The number of methoxy groups -OCH3 is 2. The van der Waals surface area contributed by atoms with Gasteiger partial charge in [-0.2, -0.15) is 0 Å². The number of halogens is 1. The zero-order valence-corrected chi connectivity index (χ0v) is 13.9. The van der Waals surface area contributed by atoms with Crippen LogP contribution in [0, 0.1) is 5.82 Å². The van der Waals surface area contributed by atoms with Crippen LogP contribution < -0.4 is 10.2 Å². The Morgan fingerprint density at radius 1 is 1.09 bits per heavy atom. The molecule has 120 valence electrons. The fraction of sp³-hybridized carbons (Fsp3) is 0.500. The molecule has 0 bridgehead atoms. The molecule has 0 unspecified atom stereocenters. The molecule has 1 aromatic rings. The van der Waals surface area contributed by atoms with Crippen LogP contribution in [0.3, 0.4) is 0 Å². The number of hydrogen-bond acceptors (Lipinski definition) is 4. The zero-order chi connectivity index (χ0) is 16.5. The summed E-state index contributed by atoms with van der Waals surface area (Å²) in [6, 6.07) is 3.13. The largest absolute Gasteiger partial charge is 0.504 e. The van der Waals surface area contributed by atoms with Crippen molar-refractivity contribution in [2.75, 3.05) is 14.2 Å². The molecule has 0 amide bonds. The van der Waals surface area contributed by atoms with Crippen LogP contribution in [-0.4, -0.2) is 32.5 Å². The first-order valence-corrected chi connectivity index (χ1v) is 7.14. The van der Waals surface area contributed by atoms with Gasteiger partial charge in [0.25, 0.3) is 0 Å². The van der Waals surface area contributed by atoms with E-state index in [1.807, 2.05) is 27.7 Å². The molecule has 22 heavy (non-hydrogen) atoms. The van der Waals surface area contributed by atoms with Gasteiger partial charge in [0, 0.05) is 0 Å². The van der Waals surface area contributed by atoms with E-state index in [2.05, 4.69) is 0 Å². The standard InChI is InChI=1S/C16H22BFO4/c1-15(2)16(3,4)22-17(21-15)11-9-13(18)12(7-8-19-5)14(10-11)20-6/h7-10H,1-6H3. The van der Waals surface area contributed by atoms with Crippen LogP contribution in [0.4, 0.5) is 4.39 Å². The summed E-state index contributed by atoms with van der Waals surface area (Å²) in [5.74, 6) is -0.0182. The second kappa shape index (κ2) is 5.93. The second-order valence-electron chi connectivity index (χ2n) is 6.25. The third-order valence-electron chi connectivity index (χ3n) is 4.23. The molecule has 4 nitrogen and oxygen atoms in total. The molecule has 6 heteroatoms. The average Bonchev–Trinajstić information content (AvgIpc) is 2.65. The van der Waals surface area contributed by atoms with Crippen molar-refractivity contribution in [3.63, 3.8) is 0 Å². The number of ether oxygens (including phenoxy) is 2. The van der Waals surface area contributed by atoms with Crippen molar-refractivity contribution >= 4 is 18.7 Å². The summed E-state index contributed by atoms with van der Waals surface area (Å²) in [6.45, 7) is 7.82. The Bertz CT molecular complexity index is 568. The summed E-state index contributed by atoms with van der Waals surface area (Å²) < 4.78 is 36.3. The fourth-order valence-corrected chi connectivity index (χ4v) is 2.19. The smallest absolute Gasteiger partial charge is 0.495 e. The van der Waals surface area contributed by atoms with Gasteiger partial charge in [-0.3, -0.25) is 0 Å². The molecule has 0 spiro atoms. The van der Waals surface area contributed by atoms with Crippen LogP contribution in [0.2, 0.25) is 0 Å². The third-order valence-corrected chi connectivity index (χ3v) is 4.23. The van der Waals surface area contributed by atoms with E-state index < -0.39 is 24.1 Å². The van der Waals surface area contributed by atoms with Gasteiger partial charge < -0.3 is 18.8 Å². The molecule has 0 saturated carbocycles. The molecule has 0 aliphatic carbocycles. The molecule has 2 rings (SSSR count). The Kier molecular flexibility index (Phi) is 4.54. The maximum atomic E-state index is 14.4. The van der Waals surface area contributed by atoms with Crippen molar-refractivity contribution in [1.82, 2.24) is 0 Å². The minimum Gasteiger partial charge on any atom is -0.504 e. The number of rotatable bonds is 4. The molecule has 1 fully saturated rings. The summed E-state index contributed by atoms with van der Waals surface area (Å²) in [7, 11) is 2.36. The van der Waals surface area contributed by atoms with Crippen LogP contribution in [-0.2, 0) is 14.0 Å². The van der Waals surface area contributed by atoms with E-state index in [9.17, 15) is 4.39 Å². The topological polar surface area (TPSA) is 36.9 Å². The SMILES string of the molecule is COC=Cc1c(F)cc(B2OC(C)(C)C(C)(C)O2)cc1OC. The van der Waals surface area contributed by atoms with Gasteiger partial charge in [0.15, 0.2) is 0 Å². The predicted octanol–water partition coefficient (Wildman–Crippen LogP) is 2.75. The molecule has 1 aliphatic heterocycles. The Hall–Kier alpha value is -1.53. The predicted molar refractivity (Wildman–Crippen MR) is 84.7 cm³/mol. The Morgan fingerprint density at radius 2 is 1.68 bits per heavy atom. The first-order chi connectivity index (χ1) is 10.2. The quantitative estimate of drug-likeness (QED) is 0.633. The molecule has 1 aromatic carbocycles. The number of hydrogen-bond donors (Lipinski definition) is 0. The van der Waals surface area contributed by atoms with Crippen molar-refractivity contribution in [3.05, 3.63) is 29.8 Å². The van der Waals surface area contributed by atoms with Gasteiger partial charge in [0.1, 0.15) is 11.6 Å². The summed E-state index contributed by atoms with van der Waals surface area (Å²) in [5.41, 5.74) is -0.0429. The van der Waals surface area contributed by atoms with E-state index in [0.29, 0.717) is 16.8 Å². The zero-order valence-electron chi connectivity index (χ0n) is 13.9. The first kappa shape index (κ1) is 16.8. The van der Waals surface area contributed by atoms with Crippen LogP contribution in [0.5, 0.6) is 5.75 Å². The fourth-order valence-electron chi connectivity index (χ4n) is 2.19. The maximum absolute atomic E-state index is 14.4. The van der Waals surface area contributed by atoms with Crippen LogP contribution in [0.25, 0.3) is 6.08 Å². The highest BCUT2D eigenvalue weighted by Crippen LogP contribution is 2.37. The minimum absolute atomic E-state index is 0.324. The summed E-state index contributed by atoms with van der Waals surface area (Å²) >= 11 is 0. The van der Waals surface area contributed by atoms with E-state index >= 15 is 0 Å². The van der Waals surface area contributed by atoms with Crippen LogP contribution in [0.15, 0.2) is 18.4 Å². The molecule has 1 heterocycles. The summed E-state index contributed by atoms with van der Waals surface area (Å²) in [6.07, 6.45) is 2.91. The lowest BCUT2D eigenvalue weighted by molar-refractivity contribution is 0.00578. The van der Waals surface area contributed by atoms with Gasteiger partial charge >= 0.3 is 7.12 Å². The highest BCUT2D eigenvalue weighted by Gasteiger charge is 2.51. The van der Waals surface area contributed by atoms with E-state index in [1.165, 1.54) is 32.6 Å². The summed E-state index contributed by atoms with van der Waals surface area (Å²) in [4.78, 5) is 0. The van der Waals surface area contributed by atoms with Crippen molar-refractivity contribution < 1.29 is 23.2 Å². The lowest BCUT2D eigenvalue weighted by Crippen LogP contribution is -2.41. The minimum atomic E-state index is -0.631. The normalized spacial score (nSPS) is 19.7. The van der Waals surface area contributed by atoms with Crippen molar-refractivity contribution in [2.24, 2.45) is 0 Å². The van der Waals surface area contributed by atoms with Gasteiger partial charge in [-0.05, 0) is 51.4 Å². The highest BCUT2D eigenvalue weighted by atomic mass is 19.1. The van der Waals surface area contributed by atoms with Gasteiger partial charge in [0.2, 0.25) is 0 Å². The lowest BCUT2D eigenvalue weighted by Gasteiger charge is -2.32. The van der Waals surface area contributed by atoms with Gasteiger partial charge in [-0.25, -0.2) is 4.39 Å². The number of benzene rings is 1. The van der Waals surface area contributed by atoms with Crippen molar-refractivity contribution in [3.8, 4) is 5.75 Å². The monoisotopic (exact) mass is 308 g/mol. The molecule has 1 aliphatic rings. The Morgan fingerprint density at radius 3 is 2.18 bits per heavy atom. The first-order valence-electron chi connectivity index (χ1n) is 7.14. The molecule has 0 aromatic heterocycles. The second-order valence-corrected chi connectivity index (χ2v) is 6.25. The lowest BCUT2D eigenvalue weighted by atomic mass is 9.78. The van der Waals surface area contributed by atoms with E-state index in [1.54, 1.807) is 6.07 Å². The van der Waals surface area contributed by atoms with E-state index in [4.69, 9.17) is 18.8 Å². The molecule has 0 atom stereocenters. The molecule has 0 N–H and O–H groups in total. The molecule has 0 radical (unpaired) electrons. The van der Waals surface area contributed by atoms with E-state index in [-0.39, 0.29) is 0 Å². The van der Waals surface area contributed by atoms with Crippen LogP contribution >= 0.6 is 0 Å². The van der Waals surface area contributed by atoms with Crippen LogP contribution in [0.1, 0.15) is 33.3 Å². The molecular formula is C16H22BFO4. The summed E-state index contributed by atoms with van der Waals surface area (Å²) in [5, 5.41) is 0. The molecule has 1 saturated heterocycles.